The molecule has 0 bridgehead atoms. The number of carboxylic acids is 1. The SMILES string of the molecule is Nc1nc(C(=NOCc2ccccc2)C(=O)N[C@@H]2C(=O)N3C(C(=O)[O-])=C(CSc4nnc(-c5ccc(O)c(O)c5)o4)CS[C@H]23)cs1.[Na+]. The molecular weight excluding hydrogens is 682 g/mol. The third kappa shape index (κ3) is 7.42. The van der Waals surface area contributed by atoms with Crippen molar-refractivity contribution in [1.29, 1.82) is 0 Å². The van der Waals surface area contributed by atoms with Gasteiger partial charge in [-0.2, -0.15) is 0 Å². The van der Waals surface area contributed by atoms with E-state index in [0.29, 0.717) is 11.1 Å². The summed E-state index contributed by atoms with van der Waals surface area (Å²) in [7, 11) is 0. The molecule has 4 aromatic rings. The molecule has 0 saturated carbocycles. The van der Waals surface area contributed by atoms with Crippen LogP contribution >= 0.6 is 34.9 Å². The van der Waals surface area contributed by atoms with Crippen LogP contribution in [0.2, 0.25) is 0 Å². The summed E-state index contributed by atoms with van der Waals surface area (Å²) >= 11 is 3.42. The summed E-state index contributed by atoms with van der Waals surface area (Å²) in [4.78, 5) is 49.4. The first-order chi connectivity index (χ1) is 22.2. The number of rotatable bonds is 11. The van der Waals surface area contributed by atoms with Crippen molar-refractivity contribution >= 4 is 63.5 Å². The summed E-state index contributed by atoms with van der Waals surface area (Å²) in [6, 6.07) is 12.1. The van der Waals surface area contributed by atoms with Crippen LogP contribution < -0.4 is 45.7 Å². The summed E-state index contributed by atoms with van der Waals surface area (Å²) in [6.07, 6.45) is 0. The van der Waals surface area contributed by atoms with Crippen molar-refractivity contribution in [3.05, 3.63) is 76.4 Å². The van der Waals surface area contributed by atoms with Gasteiger partial charge in [0.1, 0.15) is 23.7 Å². The molecule has 236 valence electrons. The van der Waals surface area contributed by atoms with Crippen LogP contribution in [0.5, 0.6) is 11.5 Å². The van der Waals surface area contributed by atoms with Crippen LogP contribution in [0.25, 0.3) is 11.5 Å². The van der Waals surface area contributed by atoms with Crippen molar-refractivity contribution in [3.63, 3.8) is 0 Å². The number of nitrogens with one attached hydrogen (secondary N) is 1. The molecule has 2 aliphatic rings. The standard InChI is InChI=1S/C28H23N7O8S3.Na/c29-27-30-16(12-45-27)19(34-42-9-13-4-2-1-3-5-13)22(38)31-20-24(39)35-21(26(40)41)15(10-44-25(20)35)11-46-28-33-32-23(43-28)14-6-7-17(36)18(37)8-14;/h1-8,12,20,25,36-37H,9-11H2,(H2,29,30)(H,31,38)(H,40,41);/q;+1/p-1/t20-,25-;/m1./s1. The molecule has 2 atom stereocenters. The van der Waals surface area contributed by atoms with Gasteiger partial charge in [-0.15, -0.1) is 33.3 Å². The number of aromatic hydroxyl groups is 2. The van der Waals surface area contributed by atoms with Crippen LogP contribution in [0.4, 0.5) is 5.13 Å². The maximum atomic E-state index is 13.3. The van der Waals surface area contributed by atoms with Crippen LogP contribution in [0, 0.1) is 0 Å². The number of thioether (sulfide) groups is 2. The molecule has 0 spiro atoms. The molecule has 1 saturated heterocycles. The number of fused-ring (bicyclic) bond motifs is 1. The predicted molar refractivity (Wildman–Crippen MR) is 165 cm³/mol. The van der Waals surface area contributed by atoms with Gasteiger partial charge in [-0.05, 0) is 29.3 Å². The van der Waals surface area contributed by atoms with Crippen molar-refractivity contribution in [3.8, 4) is 23.0 Å². The molecule has 19 heteroatoms. The Hall–Kier alpha value is -4.07. The van der Waals surface area contributed by atoms with Gasteiger partial charge in [0, 0.05) is 22.4 Å². The summed E-state index contributed by atoms with van der Waals surface area (Å²) in [6.45, 7) is 0.0811. The number of nitrogens with two attached hydrogens (primary N) is 1. The normalized spacial score (nSPS) is 17.4. The molecule has 15 nitrogen and oxygen atoms in total. The summed E-state index contributed by atoms with van der Waals surface area (Å²) in [5.74, 6) is -3.20. The summed E-state index contributed by atoms with van der Waals surface area (Å²) < 4.78 is 5.60. The number of phenols is 2. The van der Waals surface area contributed by atoms with E-state index in [4.69, 9.17) is 15.0 Å². The topological polar surface area (TPSA) is 229 Å². The first-order valence-corrected chi connectivity index (χ1v) is 16.2. The Morgan fingerprint density at radius 3 is 2.68 bits per heavy atom. The van der Waals surface area contributed by atoms with Crippen molar-refractivity contribution < 1.29 is 68.5 Å². The molecule has 0 unspecified atom stereocenters. The minimum atomic E-state index is -1.54. The summed E-state index contributed by atoms with van der Waals surface area (Å²) in [5.41, 5.74) is 7.02. The molecule has 6 rings (SSSR count). The monoisotopic (exact) mass is 703 g/mol. The minimum absolute atomic E-state index is 0. The van der Waals surface area contributed by atoms with E-state index < -0.39 is 29.2 Å². The number of carboxylic acid groups (broad SMARTS) is 1. The Labute approximate surface area is 300 Å². The number of amides is 2. The number of benzene rings is 2. The largest absolute Gasteiger partial charge is 1.00 e. The zero-order valence-corrected chi connectivity index (χ0v) is 28.8. The molecule has 2 amide bonds. The fourth-order valence-corrected chi connectivity index (χ4v) is 7.32. The third-order valence-corrected chi connectivity index (χ3v) is 9.65. The van der Waals surface area contributed by atoms with Crippen LogP contribution in [-0.4, -0.2) is 76.7 Å². The van der Waals surface area contributed by atoms with Gasteiger partial charge in [0.15, 0.2) is 22.3 Å². The zero-order valence-electron chi connectivity index (χ0n) is 24.4. The third-order valence-electron chi connectivity index (χ3n) is 6.74. The van der Waals surface area contributed by atoms with E-state index in [1.165, 1.54) is 35.3 Å². The van der Waals surface area contributed by atoms with Crippen LogP contribution in [0.15, 0.2) is 80.0 Å². The minimum Gasteiger partial charge on any atom is -0.543 e. The number of anilines is 1. The predicted octanol–water partition coefficient (Wildman–Crippen LogP) is -1.69. The molecule has 47 heavy (non-hydrogen) atoms. The number of β-lactam (4-membered cyclic amide) rings is 1. The number of carbonyl (C=O) groups excluding carboxylic acids is 3. The number of phenolic OH excluding ortho intramolecular Hbond substituents is 2. The molecule has 0 radical (unpaired) electrons. The van der Waals surface area contributed by atoms with Gasteiger partial charge in [-0.3, -0.25) is 14.5 Å². The Bertz CT molecular complexity index is 1880. The first kappa shape index (κ1) is 34.3. The van der Waals surface area contributed by atoms with Gasteiger partial charge in [-0.25, -0.2) is 4.98 Å². The van der Waals surface area contributed by atoms with Crippen molar-refractivity contribution in [2.45, 2.75) is 23.2 Å². The fraction of sp³-hybridized carbons (Fsp3) is 0.179. The van der Waals surface area contributed by atoms with Gasteiger partial charge in [0.2, 0.25) is 5.89 Å². The number of nitrogen functional groups attached to an aromatic ring is 1. The number of thiazole rings is 1. The number of hydrogen-bond acceptors (Lipinski definition) is 16. The molecule has 2 aromatic carbocycles. The van der Waals surface area contributed by atoms with Crippen LogP contribution in [-0.2, 0) is 25.8 Å². The van der Waals surface area contributed by atoms with Crippen LogP contribution in [0.3, 0.4) is 0 Å². The van der Waals surface area contributed by atoms with Crippen molar-refractivity contribution in [2.24, 2.45) is 5.16 Å². The van der Waals surface area contributed by atoms with Crippen molar-refractivity contribution in [2.75, 3.05) is 17.2 Å². The molecule has 0 aliphatic carbocycles. The van der Waals surface area contributed by atoms with E-state index in [1.54, 1.807) is 0 Å². The molecule has 2 aromatic heterocycles. The molecule has 1 fully saturated rings. The second kappa shape index (κ2) is 14.8. The number of aliphatic carboxylic acids is 1. The van der Waals surface area contributed by atoms with Crippen molar-refractivity contribution in [1.82, 2.24) is 25.4 Å². The summed E-state index contributed by atoms with van der Waals surface area (Å²) in [5, 5.41) is 47.1. The van der Waals surface area contributed by atoms with Gasteiger partial charge >= 0.3 is 29.6 Å². The van der Waals surface area contributed by atoms with E-state index in [1.807, 2.05) is 30.3 Å². The number of aromatic nitrogens is 3. The molecule has 2 aliphatic heterocycles. The number of carbonyl (C=O) groups is 3. The number of oxime groups is 1. The average molecular weight is 704 g/mol. The Balaban J connectivity index is 0.00000433. The molecular formula is C28H22N7NaO8S3. The van der Waals surface area contributed by atoms with E-state index in [0.717, 1.165) is 33.6 Å². The van der Waals surface area contributed by atoms with Gasteiger partial charge in [0.25, 0.3) is 17.0 Å². The number of hydrogen-bond donors (Lipinski definition) is 4. The van der Waals surface area contributed by atoms with Gasteiger partial charge in [0.05, 0.1) is 11.7 Å². The Morgan fingerprint density at radius 1 is 1.19 bits per heavy atom. The van der Waals surface area contributed by atoms with E-state index >= 15 is 0 Å². The van der Waals surface area contributed by atoms with E-state index in [9.17, 15) is 29.7 Å². The average Bonchev–Trinajstić information content (AvgIpc) is 3.71. The second-order valence-electron chi connectivity index (χ2n) is 9.74. The maximum Gasteiger partial charge on any atom is 1.00 e. The second-order valence-corrected chi connectivity index (χ2v) is 12.7. The quantitative estimate of drug-likeness (QED) is 0.0341. The Morgan fingerprint density at radius 2 is 1.98 bits per heavy atom. The van der Waals surface area contributed by atoms with E-state index in [-0.39, 0.29) is 92.5 Å². The Kier molecular flexibility index (Phi) is 10.8. The molecule has 5 N–H and O–H groups in total. The smallest absolute Gasteiger partial charge is 0.543 e. The fourth-order valence-electron chi connectivity index (χ4n) is 4.53. The van der Waals surface area contributed by atoms with Gasteiger partial charge < -0.3 is 40.4 Å². The van der Waals surface area contributed by atoms with Crippen LogP contribution in [0.1, 0.15) is 11.3 Å². The zero-order chi connectivity index (χ0) is 32.4. The van der Waals surface area contributed by atoms with Gasteiger partial charge in [-0.1, -0.05) is 47.2 Å². The number of nitrogens with zero attached hydrogens (tertiary/aromatic N) is 5. The van der Waals surface area contributed by atoms with E-state index in [2.05, 4.69) is 25.7 Å². The first-order valence-electron chi connectivity index (χ1n) is 13.3. The molecule has 4 heterocycles. The maximum absolute atomic E-state index is 13.3.